The minimum atomic E-state index is -0.508. The maximum absolute atomic E-state index is 11.2. The maximum atomic E-state index is 11.2. The molecule has 0 amide bonds. The van der Waals surface area contributed by atoms with Crippen molar-refractivity contribution in [3.8, 4) is 6.07 Å². The van der Waals surface area contributed by atoms with Gasteiger partial charge in [-0.1, -0.05) is 60.7 Å². The van der Waals surface area contributed by atoms with Gasteiger partial charge < -0.3 is 4.74 Å². The molecular weight excluding hydrogens is 250 g/mol. The van der Waals surface area contributed by atoms with Crippen LogP contribution in [0.4, 0.5) is 0 Å². The standard InChI is InChI=1S/C17H13NO2/c1-13(19)20-16(12-18)17(14-8-4-2-5-9-14)15-10-6-3-7-11-15/h2-11H,1H3. The quantitative estimate of drug-likeness (QED) is 0.483. The Balaban J connectivity index is 2.64. The topological polar surface area (TPSA) is 50.1 Å². The highest BCUT2D eigenvalue weighted by Crippen LogP contribution is 2.27. The van der Waals surface area contributed by atoms with E-state index in [4.69, 9.17) is 4.74 Å². The summed E-state index contributed by atoms with van der Waals surface area (Å²) < 4.78 is 5.05. The third kappa shape index (κ3) is 3.12. The van der Waals surface area contributed by atoms with Gasteiger partial charge in [0.15, 0.2) is 0 Å². The molecule has 0 aliphatic carbocycles. The number of hydrogen-bond acceptors (Lipinski definition) is 3. The van der Waals surface area contributed by atoms with E-state index in [1.54, 1.807) is 0 Å². The molecule has 0 fully saturated rings. The number of hydrogen-bond donors (Lipinski definition) is 0. The zero-order valence-corrected chi connectivity index (χ0v) is 11.0. The predicted octanol–water partition coefficient (Wildman–Crippen LogP) is 3.53. The van der Waals surface area contributed by atoms with Gasteiger partial charge in [0.25, 0.3) is 0 Å². The Labute approximate surface area is 117 Å². The lowest BCUT2D eigenvalue weighted by Crippen LogP contribution is -2.02. The van der Waals surface area contributed by atoms with Gasteiger partial charge in [-0.15, -0.1) is 0 Å². The highest BCUT2D eigenvalue weighted by molar-refractivity contribution is 5.84. The van der Waals surface area contributed by atoms with Gasteiger partial charge in [0.2, 0.25) is 5.76 Å². The molecule has 0 atom stereocenters. The molecule has 0 aromatic heterocycles. The van der Waals surface area contributed by atoms with E-state index < -0.39 is 5.97 Å². The van der Waals surface area contributed by atoms with E-state index in [0.717, 1.165) is 11.1 Å². The Hall–Kier alpha value is -2.86. The summed E-state index contributed by atoms with van der Waals surface area (Å²) in [6, 6.07) is 20.8. The number of esters is 1. The van der Waals surface area contributed by atoms with Crippen LogP contribution in [0.15, 0.2) is 66.4 Å². The Morgan fingerprint density at radius 2 is 1.40 bits per heavy atom. The number of benzene rings is 2. The molecule has 2 rings (SSSR count). The number of carbonyl (C=O) groups excluding carboxylic acids is 1. The predicted molar refractivity (Wildman–Crippen MR) is 76.3 cm³/mol. The van der Waals surface area contributed by atoms with Crippen molar-refractivity contribution in [1.82, 2.24) is 0 Å². The largest absolute Gasteiger partial charge is 0.415 e. The van der Waals surface area contributed by atoms with Gasteiger partial charge in [0, 0.05) is 12.5 Å². The smallest absolute Gasteiger partial charge is 0.308 e. The molecule has 2 aromatic rings. The third-order valence-electron chi connectivity index (χ3n) is 2.70. The minimum Gasteiger partial charge on any atom is -0.415 e. The fourth-order valence-corrected chi connectivity index (χ4v) is 1.91. The summed E-state index contributed by atoms with van der Waals surface area (Å²) in [7, 11) is 0. The molecule has 0 heterocycles. The second-order valence-corrected chi connectivity index (χ2v) is 4.14. The summed E-state index contributed by atoms with van der Waals surface area (Å²) in [5.41, 5.74) is 2.27. The van der Waals surface area contributed by atoms with Crippen molar-refractivity contribution in [3.63, 3.8) is 0 Å². The van der Waals surface area contributed by atoms with Crippen LogP contribution in [0.1, 0.15) is 18.1 Å². The van der Waals surface area contributed by atoms with Crippen LogP contribution < -0.4 is 0 Å². The van der Waals surface area contributed by atoms with Gasteiger partial charge in [-0.2, -0.15) is 5.26 Å². The number of allylic oxidation sites excluding steroid dienone is 1. The Morgan fingerprint density at radius 3 is 1.75 bits per heavy atom. The Bertz CT molecular complexity index is 626. The van der Waals surface area contributed by atoms with Gasteiger partial charge in [-0.3, -0.25) is 4.79 Å². The molecule has 0 saturated carbocycles. The van der Waals surface area contributed by atoms with E-state index in [1.807, 2.05) is 66.7 Å². The number of carbonyl (C=O) groups is 1. The number of nitrogens with zero attached hydrogens (tertiary/aromatic N) is 1. The molecular formula is C17H13NO2. The SMILES string of the molecule is CC(=O)OC(C#N)=C(c1ccccc1)c1ccccc1. The van der Waals surface area contributed by atoms with Gasteiger partial charge >= 0.3 is 5.97 Å². The highest BCUT2D eigenvalue weighted by Gasteiger charge is 2.14. The van der Waals surface area contributed by atoms with E-state index in [9.17, 15) is 10.1 Å². The van der Waals surface area contributed by atoms with Gasteiger partial charge in [0.1, 0.15) is 6.07 Å². The van der Waals surface area contributed by atoms with Crippen LogP contribution >= 0.6 is 0 Å². The van der Waals surface area contributed by atoms with E-state index in [-0.39, 0.29) is 5.76 Å². The monoisotopic (exact) mass is 263 g/mol. The van der Waals surface area contributed by atoms with E-state index in [1.165, 1.54) is 6.92 Å². The van der Waals surface area contributed by atoms with Gasteiger partial charge in [-0.25, -0.2) is 0 Å². The Morgan fingerprint density at radius 1 is 0.950 bits per heavy atom. The number of nitriles is 1. The highest BCUT2D eigenvalue weighted by atomic mass is 16.5. The van der Waals surface area contributed by atoms with E-state index in [2.05, 4.69) is 0 Å². The first-order valence-corrected chi connectivity index (χ1v) is 6.16. The van der Waals surface area contributed by atoms with Crippen molar-refractivity contribution < 1.29 is 9.53 Å². The van der Waals surface area contributed by atoms with Crippen LogP contribution in [-0.4, -0.2) is 5.97 Å². The molecule has 3 heteroatoms. The zero-order chi connectivity index (χ0) is 14.4. The summed E-state index contributed by atoms with van der Waals surface area (Å²) in [5.74, 6) is -0.499. The number of ether oxygens (including phenoxy) is 1. The van der Waals surface area contributed by atoms with Crippen molar-refractivity contribution in [2.45, 2.75) is 6.92 Å². The second kappa shape index (κ2) is 6.35. The third-order valence-corrected chi connectivity index (χ3v) is 2.70. The van der Waals surface area contributed by atoms with Crippen molar-refractivity contribution in [1.29, 1.82) is 5.26 Å². The lowest BCUT2D eigenvalue weighted by Gasteiger charge is -2.10. The molecule has 2 aromatic carbocycles. The van der Waals surface area contributed by atoms with E-state index in [0.29, 0.717) is 5.57 Å². The van der Waals surface area contributed by atoms with Crippen LogP contribution in [0.5, 0.6) is 0 Å². The van der Waals surface area contributed by atoms with Gasteiger partial charge in [0.05, 0.1) is 0 Å². The first kappa shape index (κ1) is 13.6. The number of rotatable bonds is 3. The average Bonchev–Trinajstić information content (AvgIpc) is 2.48. The second-order valence-electron chi connectivity index (χ2n) is 4.14. The molecule has 0 N–H and O–H groups in total. The van der Waals surface area contributed by atoms with Crippen molar-refractivity contribution >= 4 is 11.5 Å². The zero-order valence-electron chi connectivity index (χ0n) is 11.0. The summed E-state index contributed by atoms with van der Waals surface area (Å²) in [4.78, 5) is 11.2. The molecule has 98 valence electrons. The molecule has 0 saturated heterocycles. The summed E-state index contributed by atoms with van der Waals surface area (Å²) in [5, 5.41) is 9.28. The summed E-state index contributed by atoms with van der Waals surface area (Å²) >= 11 is 0. The molecule has 0 aliphatic heterocycles. The van der Waals surface area contributed by atoms with Crippen molar-refractivity contribution in [2.75, 3.05) is 0 Å². The average molecular weight is 263 g/mol. The summed E-state index contributed by atoms with van der Waals surface area (Å²) in [6.45, 7) is 1.28. The van der Waals surface area contributed by atoms with Gasteiger partial charge in [-0.05, 0) is 11.1 Å². The lowest BCUT2D eigenvalue weighted by atomic mass is 9.97. The van der Waals surface area contributed by atoms with Crippen LogP contribution in [0.25, 0.3) is 5.57 Å². The summed E-state index contributed by atoms with van der Waals surface area (Å²) in [6.07, 6.45) is 0. The van der Waals surface area contributed by atoms with Crippen LogP contribution in [0.2, 0.25) is 0 Å². The van der Waals surface area contributed by atoms with Crippen LogP contribution in [-0.2, 0) is 9.53 Å². The molecule has 0 unspecified atom stereocenters. The van der Waals surface area contributed by atoms with Crippen molar-refractivity contribution in [2.24, 2.45) is 0 Å². The first-order valence-electron chi connectivity index (χ1n) is 6.16. The fourth-order valence-electron chi connectivity index (χ4n) is 1.91. The fraction of sp³-hybridized carbons (Fsp3) is 0.0588. The molecule has 20 heavy (non-hydrogen) atoms. The molecule has 0 spiro atoms. The lowest BCUT2D eigenvalue weighted by molar-refractivity contribution is -0.136. The van der Waals surface area contributed by atoms with Crippen molar-refractivity contribution in [3.05, 3.63) is 77.5 Å². The first-order chi connectivity index (χ1) is 9.72. The van der Waals surface area contributed by atoms with Crippen LogP contribution in [0, 0.1) is 11.3 Å². The minimum absolute atomic E-state index is 0.00917. The molecule has 0 radical (unpaired) electrons. The maximum Gasteiger partial charge on any atom is 0.308 e. The molecule has 0 bridgehead atoms. The van der Waals surface area contributed by atoms with E-state index >= 15 is 0 Å². The Kier molecular flexibility index (Phi) is 4.31. The molecule has 3 nitrogen and oxygen atoms in total. The molecule has 0 aliphatic rings. The van der Waals surface area contributed by atoms with Crippen LogP contribution in [0.3, 0.4) is 0 Å². The normalized spacial score (nSPS) is 9.40.